The molecular weight excluding hydrogens is 216 g/mol. The lowest BCUT2D eigenvalue weighted by Gasteiger charge is -2.12. The lowest BCUT2D eigenvalue weighted by atomic mass is 9.93. The molecule has 0 heterocycles. The molecule has 1 rings (SSSR count). The highest BCUT2D eigenvalue weighted by atomic mass is 16.5. The molecule has 0 spiro atoms. The number of ketones is 1. The number of hydrogen-bond acceptors (Lipinski definition) is 3. The summed E-state index contributed by atoms with van der Waals surface area (Å²) in [6.45, 7) is 5.74. The van der Waals surface area contributed by atoms with E-state index in [9.17, 15) is 9.59 Å². The van der Waals surface area contributed by atoms with Crippen molar-refractivity contribution in [3.63, 3.8) is 0 Å². The van der Waals surface area contributed by atoms with Gasteiger partial charge in [-0.2, -0.15) is 0 Å². The molecule has 0 bridgehead atoms. The Labute approximate surface area is 102 Å². The SMILES string of the molecule is CCC(C(=O)OC)C(=O)c1ccc(C)c(C)c1. The summed E-state index contributed by atoms with van der Waals surface area (Å²) in [4.78, 5) is 23.6. The molecule has 92 valence electrons. The van der Waals surface area contributed by atoms with Crippen molar-refractivity contribution in [3.05, 3.63) is 34.9 Å². The van der Waals surface area contributed by atoms with Crippen molar-refractivity contribution in [2.45, 2.75) is 27.2 Å². The Morgan fingerprint density at radius 1 is 1.24 bits per heavy atom. The van der Waals surface area contributed by atoms with Crippen LogP contribution in [0.4, 0.5) is 0 Å². The first-order valence-corrected chi connectivity index (χ1v) is 5.70. The van der Waals surface area contributed by atoms with Crippen molar-refractivity contribution < 1.29 is 14.3 Å². The molecule has 3 nitrogen and oxygen atoms in total. The minimum Gasteiger partial charge on any atom is -0.468 e. The molecule has 0 fully saturated rings. The van der Waals surface area contributed by atoms with Crippen LogP contribution < -0.4 is 0 Å². The molecule has 0 radical (unpaired) electrons. The van der Waals surface area contributed by atoms with E-state index in [0.29, 0.717) is 12.0 Å². The number of rotatable bonds is 4. The van der Waals surface area contributed by atoms with Gasteiger partial charge in [0.2, 0.25) is 0 Å². The zero-order valence-corrected chi connectivity index (χ0v) is 10.7. The standard InChI is InChI=1S/C14H18O3/c1-5-12(14(16)17-4)13(15)11-7-6-9(2)10(3)8-11/h6-8,12H,5H2,1-4H3. The molecule has 0 aliphatic heterocycles. The molecule has 1 atom stereocenters. The number of Topliss-reactive ketones (excluding diaryl/α,β-unsaturated/α-hetero) is 1. The van der Waals surface area contributed by atoms with Gasteiger partial charge in [0, 0.05) is 5.56 Å². The van der Waals surface area contributed by atoms with Crippen LogP contribution in [0.25, 0.3) is 0 Å². The molecule has 1 aromatic rings. The Morgan fingerprint density at radius 3 is 2.35 bits per heavy atom. The van der Waals surface area contributed by atoms with Crippen LogP contribution in [0, 0.1) is 19.8 Å². The number of aryl methyl sites for hydroxylation is 2. The van der Waals surface area contributed by atoms with Gasteiger partial charge >= 0.3 is 5.97 Å². The third-order valence-corrected chi connectivity index (χ3v) is 3.00. The van der Waals surface area contributed by atoms with Crippen LogP contribution in [0.2, 0.25) is 0 Å². The van der Waals surface area contributed by atoms with Gasteiger partial charge in [0.1, 0.15) is 5.92 Å². The van der Waals surface area contributed by atoms with Gasteiger partial charge in [0.05, 0.1) is 7.11 Å². The first-order valence-electron chi connectivity index (χ1n) is 5.70. The highest BCUT2D eigenvalue weighted by molar-refractivity contribution is 6.08. The smallest absolute Gasteiger partial charge is 0.316 e. The number of benzene rings is 1. The Morgan fingerprint density at radius 2 is 1.88 bits per heavy atom. The largest absolute Gasteiger partial charge is 0.468 e. The Balaban J connectivity index is 3.02. The van der Waals surface area contributed by atoms with Crippen LogP contribution >= 0.6 is 0 Å². The van der Waals surface area contributed by atoms with Crippen LogP contribution in [0.5, 0.6) is 0 Å². The van der Waals surface area contributed by atoms with E-state index < -0.39 is 11.9 Å². The number of ether oxygens (including phenoxy) is 1. The van der Waals surface area contributed by atoms with Gasteiger partial charge in [-0.05, 0) is 37.5 Å². The number of esters is 1. The summed E-state index contributed by atoms with van der Waals surface area (Å²) in [5.41, 5.74) is 2.76. The second-order valence-corrected chi connectivity index (χ2v) is 4.15. The van der Waals surface area contributed by atoms with E-state index in [4.69, 9.17) is 0 Å². The fraction of sp³-hybridized carbons (Fsp3) is 0.429. The highest BCUT2D eigenvalue weighted by Gasteiger charge is 2.26. The van der Waals surface area contributed by atoms with Gasteiger partial charge in [-0.15, -0.1) is 0 Å². The quantitative estimate of drug-likeness (QED) is 0.457. The first kappa shape index (κ1) is 13.4. The van der Waals surface area contributed by atoms with Gasteiger partial charge in [-0.25, -0.2) is 0 Å². The van der Waals surface area contributed by atoms with E-state index in [2.05, 4.69) is 4.74 Å². The van der Waals surface area contributed by atoms with E-state index in [1.54, 1.807) is 13.0 Å². The summed E-state index contributed by atoms with van der Waals surface area (Å²) in [6, 6.07) is 5.48. The molecule has 1 unspecified atom stereocenters. The zero-order valence-electron chi connectivity index (χ0n) is 10.7. The molecular formula is C14H18O3. The van der Waals surface area contributed by atoms with Gasteiger partial charge in [-0.3, -0.25) is 9.59 Å². The summed E-state index contributed by atoms with van der Waals surface area (Å²) in [5.74, 6) is -1.32. The van der Waals surface area contributed by atoms with E-state index in [-0.39, 0.29) is 5.78 Å². The topological polar surface area (TPSA) is 43.4 Å². The predicted molar refractivity (Wildman–Crippen MR) is 66.0 cm³/mol. The maximum Gasteiger partial charge on any atom is 0.316 e. The van der Waals surface area contributed by atoms with Gasteiger partial charge in [0.15, 0.2) is 5.78 Å². The van der Waals surface area contributed by atoms with Gasteiger partial charge < -0.3 is 4.74 Å². The van der Waals surface area contributed by atoms with Gasteiger partial charge in [-0.1, -0.05) is 19.1 Å². The minimum atomic E-state index is -0.692. The molecule has 0 saturated heterocycles. The molecule has 0 N–H and O–H groups in total. The van der Waals surface area contributed by atoms with Crippen molar-refractivity contribution >= 4 is 11.8 Å². The van der Waals surface area contributed by atoms with Crippen molar-refractivity contribution in [1.29, 1.82) is 0 Å². The fourth-order valence-corrected chi connectivity index (χ4v) is 1.70. The van der Waals surface area contributed by atoms with Crippen LogP contribution in [0.3, 0.4) is 0 Å². The predicted octanol–water partition coefficient (Wildman–Crippen LogP) is 2.69. The van der Waals surface area contributed by atoms with E-state index in [0.717, 1.165) is 11.1 Å². The average Bonchev–Trinajstić information content (AvgIpc) is 2.33. The molecule has 0 saturated carbocycles. The van der Waals surface area contributed by atoms with Crippen molar-refractivity contribution in [3.8, 4) is 0 Å². The van der Waals surface area contributed by atoms with Crippen molar-refractivity contribution in [2.24, 2.45) is 5.92 Å². The number of carbonyl (C=O) groups is 2. The number of carbonyl (C=O) groups excluding carboxylic acids is 2. The van der Waals surface area contributed by atoms with E-state index in [1.807, 2.05) is 26.0 Å². The fourth-order valence-electron chi connectivity index (χ4n) is 1.70. The third kappa shape index (κ3) is 2.93. The average molecular weight is 234 g/mol. The Kier molecular flexibility index (Phi) is 4.44. The molecule has 0 aliphatic rings. The third-order valence-electron chi connectivity index (χ3n) is 3.00. The summed E-state index contributed by atoms with van der Waals surface area (Å²) in [6.07, 6.45) is 0.457. The molecule has 3 heteroatoms. The monoisotopic (exact) mass is 234 g/mol. The van der Waals surface area contributed by atoms with Crippen LogP contribution in [-0.2, 0) is 9.53 Å². The van der Waals surface area contributed by atoms with Crippen molar-refractivity contribution in [2.75, 3.05) is 7.11 Å². The van der Waals surface area contributed by atoms with Crippen LogP contribution in [-0.4, -0.2) is 18.9 Å². The zero-order chi connectivity index (χ0) is 13.0. The van der Waals surface area contributed by atoms with Gasteiger partial charge in [0.25, 0.3) is 0 Å². The van der Waals surface area contributed by atoms with Crippen molar-refractivity contribution in [1.82, 2.24) is 0 Å². The van der Waals surface area contributed by atoms with Crippen LogP contribution in [0.15, 0.2) is 18.2 Å². The lowest BCUT2D eigenvalue weighted by Crippen LogP contribution is -2.24. The summed E-state index contributed by atoms with van der Waals surface area (Å²) < 4.78 is 4.64. The number of methoxy groups -OCH3 is 1. The lowest BCUT2D eigenvalue weighted by molar-refractivity contribution is -0.143. The second kappa shape index (κ2) is 5.62. The van der Waals surface area contributed by atoms with E-state index >= 15 is 0 Å². The maximum absolute atomic E-state index is 12.1. The molecule has 17 heavy (non-hydrogen) atoms. The molecule has 0 amide bonds. The molecule has 1 aromatic carbocycles. The number of hydrogen-bond donors (Lipinski definition) is 0. The minimum absolute atomic E-state index is 0.164. The summed E-state index contributed by atoms with van der Waals surface area (Å²) in [5, 5.41) is 0. The summed E-state index contributed by atoms with van der Waals surface area (Å²) in [7, 11) is 1.30. The molecule has 0 aromatic heterocycles. The van der Waals surface area contributed by atoms with Crippen LogP contribution in [0.1, 0.15) is 34.8 Å². The summed E-state index contributed by atoms with van der Waals surface area (Å²) >= 11 is 0. The molecule has 0 aliphatic carbocycles. The second-order valence-electron chi connectivity index (χ2n) is 4.15. The highest BCUT2D eigenvalue weighted by Crippen LogP contribution is 2.17. The van der Waals surface area contributed by atoms with E-state index in [1.165, 1.54) is 7.11 Å². The first-order chi connectivity index (χ1) is 8.01. The Hall–Kier alpha value is -1.64. The maximum atomic E-state index is 12.1. The normalized spacial score (nSPS) is 12.0. The Bertz CT molecular complexity index is 435.